The Balaban J connectivity index is 1.58. The van der Waals surface area contributed by atoms with Crippen LogP contribution in [-0.4, -0.2) is 30.4 Å². The van der Waals surface area contributed by atoms with Crippen molar-refractivity contribution >= 4 is 23.4 Å². The summed E-state index contributed by atoms with van der Waals surface area (Å²) in [5, 5.41) is 5.29. The quantitative estimate of drug-likeness (QED) is 0.752. The molecule has 3 rings (SSSR count). The van der Waals surface area contributed by atoms with Gasteiger partial charge < -0.3 is 10.1 Å². The van der Waals surface area contributed by atoms with Crippen LogP contribution in [0.4, 0.5) is 5.69 Å². The fourth-order valence-electron chi connectivity index (χ4n) is 4.06. The van der Waals surface area contributed by atoms with E-state index in [0.29, 0.717) is 24.9 Å². The van der Waals surface area contributed by atoms with Gasteiger partial charge in [-0.2, -0.15) is 0 Å². The SMILES string of the molecule is CC[C@@]1(c2ccc(NC(=O)COC3CCCCC3)cc2)CCC(=O)NC1=O. The Bertz CT molecular complexity index is 695. The number of ether oxygens (including phenoxy) is 1. The zero-order valence-electron chi connectivity index (χ0n) is 15.9. The molecule has 0 aromatic heterocycles. The molecular weight excluding hydrogens is 344 g/mol. The molecular formula is C21H28N2O4. The van der Waals surface area contributed by atoms with Gasteiger partial charge in [-0.15, -0.1) is 0 Å². The predicted molar refractivity (Wildman–Crippen MR) is 102 cm³/mol. The van der Waals surface area contributed by atoms with Crippen LogP contribution in [0.2, 0.25) is 0 Å². The van der Waals surface area contributed by atoms with Crippen molar-refractivity contribution in [3.05, 3.63) is 29.8 Å². The molecule has 1 aliphatic carbocycles. The van der Waals surface area contributed by atoms with Gasteiger partial charge >= 0.3 is 0 Å². The number of carbonyl (C=O) groups excluding carboxylic acids is 3. The second-order valence-electron chi connectivity index (χ2n) is 7.51. The van der Waals surface area contributed by atoms with Crippen LogP contribution in [0.15, 0.2) is 24.3 Å². The zero-order chi connectivity index (χ0) is 19.3. The molecule has 0 bridgehead atoms. The Labute approximate surface area is 160 Å². The first-order chi connectivity index (χ1) is 13.0. The molecule has 6 nitrogen and oxygen atoms in total. The molecule has 1 aromatic rings. The maximum absolute atomic E-state index is 12.4. The summed E-state index contributed by atoms with van der Waals surface area (Å²) in [6, 6.07) is 7.32. The van der Waals surface area contributed by atoms with Gasteiger partial charge in [-0.3, -0.25) is 19.7 Å². The maximum atomic E-state index is 12.4. The number of hydrogen-bond donors (Lipinski definition) is 2. The molecule has 2 fully saturated rings. The third-order valence-corrected chi connectivity index (χ3v) is 5.79. The molecule has 3 amide bonds. The van der Waals surface area contributed by atoms with Crippen molar-refractivity contribution in [3.8, 4) is 0 Å². The number of anilines is 1. The van der Waals surface area contributed by atoms with Crippen molar-refractivity contribution in [3.63, 3.8) is 0 Å². The van der Waals surface area contributed by atoms with Gasteiger partial charge in [-0.25, -0.2) is 0 Å². The van der Waals surface area contributed by atoms with E-state index in [2.05, 4.69) is 10.6 Å². The molecule has 27 heavy (non-hydrogen) atoms. The minimum Gasteiger partial charge on any atom is -0.368 e. The number of hydrogen-bond acceptors (Lipinski definition) is 4. The Morgan fingerprint density at radius 2 is 1.89 bits per heavy atom. The third kappa shape index (κ3) is 4.56. The summed E-state index contributed by atoms with van der Waals surface area (Å²) < 4.78 is 5.70. The predicted octanol–water partition coefficient (Wildman–Crippen LogP) is 3.06. The summed E-state index contributed by atoms with van der Waals surface area (Å²) in [5.41, 5.74) is 0.863. The van der Waals surface area contributed by atoms with Crippen LogP contribution in [-0.2, 0) is 24.5 Å². The molecule has 0 radical (unpaired) electrons. The van der Waals surface area contributed by atoms with Crippen molar-refractivity contribution in [1.29, 1.82) is 0 Å². The number of piperidine rings is 1. The fourth-order valence-corrected chi connectivity index (χ4v) is 4.06. The van der Waals surface area contributed by atoms with Crippen LogP contribution in [0.1, 0.15) is 63.9 Å². The lowest BCUT2D eigenvalue weighted by Crippen LogP contribution is -2.51. The average Bonchev–Trinajstić information content (AvgIpc) is 2.69. The summed E-state index contributed by atoms with van der Waals surface area (Å²) in [5.74, 6) is -0.621. The number of imide groups is 1. The molecule has 0 spiro atoms. The zero-order valence-corrected chi connectivity index (χ0v) is 15.9. The third-order valence-electron chi connectivity index (χ3n) is 5.79. The molecule has 1 aromatic carbocycles. The first-order valence-electron chi connectivity index (χ1n) is 9.90. The highest BCUT2D eigenvalue weighted by atomic mass is 16.5. The number of amides is 3. The number of rotatable bonds is 6. The fraction of sp³-hybridized carbons (Fsp3) is 0.571. The van der Waals surface area contributed by atoms with E-state index in [1.165, 1.54) is 19.3 Å². The van der Waals surface area contributed by atoms with Crippen LogP contribution in [0, 0.1) is 0 Å². The highest BCUT2D eigenvalue weighted by molar-refractivity contribution is 6.03. The highest BCUT2D eigenvalue weighted by Crippen LogP contribution is 2.36. The van der Waals surface area contributed by atoms with Crippen molar-refractivity contribution in [2.24, 2.45) is 0 Å². The molecule has 1 saturated carbocycles. The topological polar surface area (TPSA) is 84.5 Å². The minimum absolute atomic E-state index is 0.0653. The van der Waals surface area contributed by atoms with E-state index in [-0.39, 0.29) is 30.4 Å². The van der Waals surface area contributed by atoms with Gasteiger partial charge in [-0.1, -0.05) is 38.3 Å². The second kappa shape index (κ2) is 8.65. The molecule has 2 N–H and O–H groups in total. The van der Waals surface area contributed by atoms with Crippen LogP contribution in [0.5, 0.6) is 0 Å². The lowest BCUT2D eigenvalue weighted by Gasteiger charge is -2.35. The normalized spacial score (nSPS) is 23.7. The molecule has 2 aliphatic rings. The van der Waals surface area contributed by atoms with E-state index >= 15 is 0 Å². The second-order valence-corrected chi connectivity index (χ2v) is 7.51. The van der Waals surface area contributed by atoms with Crippen LogP contribution in [0.25, 0.3) is 0 Å². The lowest BCUT2D eigenvalue weighted by atomic mass is 9.72. The van der Waals surface area contributed by atoms with Crippen molar-refractivity contribution in [2.45, 2.75) is 69.8 Å². The van der Waals surface area contributed by atoms with Gasteiger partial charge in [0.15, 0.2) is 0 Å². The van der Waals surface area contributed by atoms with Gasteiger partial charge in [0, 0.05) is 12.1 Å². The van der Waals surface area contributed by atoms with E-state index in [4.69, 9.17) is 4.74 Å². The van der Waals surface area contributed by atoms with Crippen molar-refractivity contribution < 1.29 is 19.1 Å². The van der Waals surface area contributed by atoms with E-state index in [1.807, 2.05) is 19.1 Å². The highest BCUT2D eigenvalue weighted by Gasteiger charge is 2.42. The monoisotopic (exact) mass is 372 g/mol. The molecule has 1 aliphatic heterocycles. The summed E-state index contributed by atoms with van der Waals surface area (Å²) in [7, 11) is 0. The molecule has 6 heteroatoms. The molecule has 1 heterocycles. The van der Waals surface area contributed by atoms with Gasteiger partial charge in [0.2, 0.25) is 17.7 Å². The van der Waals surface area contributed by atoms with Gasteiger partial charge in [0.1, 0.15) is 6.61 Å². The van der Waals surface area contributed by atoms with Gasteiger partial charge in [0.25, 0.3) is 0 Å². The summed E-state index contributed by atoms with van der Waals surface area (Å²) in [6.07, 6.45) is 7.33. The van der Waals surface area contributed by atoms with E-state index < -0.39 is 5.41 Å². The van der Waals surface area contributed by atoms with Gasteiger partial charge in [-0.05, 0) is 43.4 Å². The first-order valence-corrected chi connectivity index (χ1v) is 9.90. The van der Waals surface area contributed by atoms with Gasteiger partial charge in [0.05, 0.1) is 11.5 Å². The Kier molecular flexibility index (Phi) is 6.26. The smallest absolute Gasteiger partial charge is 0.250 e. The van der Waals surface area contributed by atoms with Crippen LogP contribution < -0.4 is 10.6 Å². The summed E-state index contributed by atoms with van der Waals surface area (Å²) in [4.78, 5) is 36.0. The molecule has 1 saturated heterocycles. The number of benzene rings is 1. The first kappa shape index (κ1) is 19.5. The van der Waals surface area contributed by atoms with Crippen LogP contribution in [0.3, 0.4) is 0 Å². The van der Waals surface area contributed by atoms with E-state index in [0.717, 1.165) is 18.4 Å². The Morgan fingerprint density at radius 1 is 1.19 bits per heavy atom. The number of carbonyl (C=O) groups is 3. The molecule has 146 valence electrons. The van der Waals surface area contributed by atoms with Crippen molar-refractivity contribution in [2.75, 3.05) is 11.9 Å². The van der Waals surface area contributed by atoms with Crippen LogP contribution >= 0.6 is 0 Å². The summed E-state index contributed by atoms with van der Waals surface area (Å²) in [6.45, 7) is 2.02. The summed E-state index contributed by atoms with van der Waals surface area (Å²) >= 11 is 0. The maximum Gasteiger partial charge on any atom is 0.250 e. The average molecular weight is 372 g/mol. The van der Waals surface area contributed by atoms with Crippen molar-refractivity contribution in [1.82, 2.24) is 5.32 Å². The Morgan fingerprint density at radius 3 is 2.52 bits per heavy atom. The van der Waals surface area contributed by atoms with E-state index in [9.17, 15) is 14.4 Å². The lowest BCUT2D eigenvalue weighted by molar-refractivity contribution is -0.138. The largest absolute Gasteiger partial charge is 0.368 e. The standard InChI is InChI=1S/C21H28N2O4/c1-2-21(13-12-18(24)23-20(21)26)15-8-10-16(11-9-15)22-19(25)14-27-17-6-4-3-5-7-17/h8-11,17H,2-7,12-14H2,1H3,(H,22,25)(H,23,24,26)/t21-/m0/s1. The van der Waals surface area contributed by atoms with E-state index in [1.54, 1.807) is 12.1 Å². The molecule has 0 unspecified atom stereocenters. The molecule has 1 atom stereocenters. The number of nitrogens with one attached hydrogen (secondary N) is 2. The Hall–Kier alpha value is -2.21. The minimum atomic E-state index is -0.680.